The SMILES string of the molecule is COC(=O)c1ccc(O[C@H](C)C(=O)Nc2c(C)cc(C)cc2C)c(OC)c1. The zero-order chi connectivity index (χ0) is 20.1. The number of esters is 1. The molecule has 0 radical (unpaired) electrons. The fourth-order valence-electron chi connectivity index (χ4n) is 2.86. The number of aryl methyl sites for hydroxylation is 3. The van der Waals surface area contributed by atoms with Gasteiger partial charge in [0.05, 0.1) is 19.8 Å². The number of rotatable bonds is 6. The Hall–Kier alpha value is -3.02. The van der Waals surface area contributed by atoms with E-state index in [4.69, 9.17) is 14.2 Å². The molecule has 0 aliphatic carbocycles. The van der Waals surface area contributed by atoms with Crippen LogP contribution in [-0.4, -0.2) is 32.2 Å². The van der Waals surface area contributed by atoms with Gasteiger partial charge in [-0.05, 0) is 57.0 Å². The van der Waals surface area contributed by atoms with Gasteiger partial charge in [0.1, 0.15) is 0 Å². The van der Waals surface area contributed by atoms with Crippen molar-refractivity contribution in [1.82, 2.24) is 0 Å². The lowest BCUT2D eigenvalue weighted by Gasteiger charge is -2.19. The second kappa shape index (κ2) is 8.58. The van der Waals surface area contributed by atoms with E-state index in [-0.39, 0.29) is 5.91 Å². The van der Waals surface area contributed by atoms with Crippen LogP contribution in [0, 0.1) is 20.8 Å². The molecule has 2 aromatic rings. The summed E-state index contributed by atoms with van der Waals surface area (Å²) in [5.41, 5.74) is 4.25. The predicted octanol–water partition coefficient (Wildman–Crippen LogP) is 3.81. The summed E-state index contributed by atoms with van der Waals surface area (Å²) in [6.45, 7) is 7.58. The minimum absolute atomic E-state index is 0.274. The van der Waals surface area contributed by atoms with Gasteiger partial charge in [-0.2, -0.15) is 0 Å². The van der Waals surface area contributed by atoms with Gasteiger partial charge < -0.3 is 19.5 Å². The summed E-state index contributed by atoms with van der Waals surface area (Å²) in [6.07, 6.45) is -0.761. The fourth-order valence-corrected chi connectivity index (χ4v) is 2.86. The second-order valence-corrected chi connectivity index (χ2v) is 6.38. The van der Waals surface area contributed by atoms with E-state index < -0.39 is 12.1 Å². The third-order valence-electron chi connectivity index (χ3n) is 4.18. The topological polar surface area (TPSA) is 73.9 Å². The zero-order valence-electron chi connectivity index (χ0n) is 16.5. The molecule has 0 bridgehead atoms. The van der Waals surface area contributed by atoms with Crippen LogP contribution in [0.4, 0.5) is 5.69 Å². The monoisotopic (exact) mass is 371 g/mol. The van der Waals surface area contributed by atoms with Crippen molar-refractivity contribution in [2.45, 2.75) is 33.8 Å². The van der Waals surface area contributed by atoms with Gasteiger partial charge in [0.2, 0.25) is 0 Å². The van der Waals surface area contributed by atoms with Gasteiger partial charge in [0.15, 0.2) is 17.6 Å². The molecule has 0 aliphatic heterocycles. The first-order valence-electron chi connectivity index (χ1n) is 8.58. The molecule has 0 fully saturated rings. The summed E-state index contributed by atoms with van der Waals surface area (Å²) in [7, 11) is 2.77. The molecular formula is C21H25NO5. The van der Waals surface area contributed by atoms with Gasteiger partial charge >= 0.3 is 5.97 Å². The van der Waals surface area contributed by atoms with Crippen LogP contribution in [0.5, 0.6) is 11.5 Å². The third kappa shape index (κ3) is 4.78. The number of hydrogen-bond donors (Lipinski definition) is 1. The van der Waals surface area contributed by atoms with Gasteiger partial charge in [0.25, 0.3) is 5.91 Å². The molecule has 1 N–H and O–H groups in total. The number of amides is 1. The van der Waals surface area contributed by atoms with Crippen LogP contribution in [0.2, 0.25) is 0 Å². The van der Waals surface area contributed by atoms with E-state index in [1.165, 1.54) is 20.3 Å². The van der Waals surface area contributed by atoms with Gasteiger partial charge in [-0.3, -0.25) is 4.79 Å². The normalized spacial score (nSPS) is 11.5. The number of carbonyl (C=O) groups excluding carboxylic acids is 2. The Kier molecular flexibility index (Phi) is 6.45. The van der Waals surface area contributed by atoms with Crippen LogP contribution in [0.1, 0.15) is 34.0 Å². The Morgan fingerprint density at radius 2 is 1.59 bits per heavy atom. The number of ether oxygens (including phenoxy) is 3. The standard InChI is InChI=1S/C21H25NO5/c1-12-9-13(2)19(14(3)10-12)22-20(23)15(4)27-17-8-7-16(21(24)26-6)11-18(17)25-5/h7-11,15H,1-6H3,(H,22,23)/t15-/m1/s1. The summed E-state index contributed by atoms with van der Waals surface area (Å²) in [5, 5.41) is 2.92. The highest BCUT2D eigenvalue weighted by molar-refractivity contribution is 5.95. The Morgan fingerprint density at radius 3 is 2.15 bits per heavy atom. The van der Waals surface area contributed by atoms with E-state index in [2.05, 4.69) is 5.32 Å². The first-order valence-corrected chi connectivity index (χ1v) is 8.58. The summed E-state index contributed by atoms with van der Waals surface area (Å²) in [4.78, 5) is 24.2. The van der Waals surface area contributed by atoms with Crippen molar-refractivity contribution >= 4 is 17.6 Å². The smallest absolute Gasteiger partial charge is 0.337 e. The molecule has 144 valence electrons. The van der Waals surface area contributed by atoms with E-state index >= 15 is 0 Å². The molecule has 6 nitrogen and oxygen atoms in total. The van der Waals surface area contributed by atoms with Gasteiger partial charge in [-0.25, -0.2) is 4.79 Å². The van der Waals surface area contributed by atoms with E-state index in [0.29, 0.717) is 17.1 Å². The molecule has 0 aliphatic rings. The molecule has 2 aromatic carbocycles. The maximum absolute atomic E-state index is 12.6. The number of carbonyl (C=O) groups is 2. The first kappa shape index (κ1) is 20.3. The van der Waals surface area contributed by atoms with Crippen LogP contribution in [0.15, 0.2) is 30.3 Å². The number of methoxy groups -OCH3 is 2. The summed E-state index contributed by atoms with van der Waals surface area (Å²) >= 11 is 0. The maximum Gasteiger partial charge on any atom is 0.337 e. The minimum atomic E-state index is -0.761. The molecule has 2 rings (SSSR count). The highest BCUT2D eigenvalue weighted by atomic mass is 16.5. The molecule has 1 amide bonds. The molecule has 27 heavy (non-hydrogen) atoms. The lowest BCUT2D eigenvalue weighted by atomic mass is 10.0. The molecule has 0 aromatic heterocycles. The predicted molar refractivity (Wildman–Crippen MR) is 104 cm³/mol. The van der Waals surface area contributed by atoms with E-state index in [1.807, 2.05) is 32.9 Å². The van der Waals surface area contributed by atoms with E-state index in [9.17, 15) is 9.59 Å². The van der Waals surface area contributed by atoms with Crippen LogP contribution in [0.3, 0.4) is 0 Å². The Balaban J connectivity index is 2.16. The molecular weight excluding hydrogens is 346 g/mol. The lowest BCUT2D eigenvalue weighted by molar-refractivity contribution is -0.122. The highest BCUT2D eigenvalue weighted by Gasteiger charge is 2.19. The third-order valence-corrected chi connectivity index (χ3v) is 4.18. The van der Waals surface area contributed by atoms with Crippen LogP contribution in [-0.2, 0) is 9.53 Å². The maximum atomic E-state index is 12.6. The Morgan fingerprint density at radius 1 is 0.963 bits per heavy atom. The molecule has 0 heterocycles. The van der Waals surface area contributed by atoms with Crippen molar-refractivity contribution in [2.75, 3.05) is 19.5 Å². The van der Waals surface area contributed by atoms with Gasteiger partial charge in [-0.1, -0.05) is 17.7 Å². The van der Waals surface area contributed by atoms with Crippen molar-refractivity contribution < 1.29 is 23.8 Å². The van der Waals surface area contributed by atoms with Crippen molar-refractivity contribution in [2.24, 2.45) is 0 Å². The van der Waals surface area contributed by atoms with E-state index in [0.717, 1.165) is 22.4 Å². The highest BCUT2D eigenvalue weighted by Crippen LogP contribution is 2.30. The summed E-state index contributed by atoms with van der Waals surface area (Å²) < 4.78 is 15.7. The number of hydrogen-bond acceptors (Lipinski definition) is 5. The van der Waals surface area contributed by atoms with E-state index in [1.54, 1.807) is 19.1 Å². The Labute approximate surface area is 159 Å². The van der Waals surface area contributed by atoms with Crippen LogP contribution < -0.4 is 14.8 Å². The van der Waals surface area contributed by atoms with Crippen molar-refractivity contribution in [1.29, 1.82) is 0 Å². The first-order chi connectivity index (χ1) is 12.8. The quantitative estimate of drug-likeness (QED) is 0.782. The molecule has 0 unspecified atom stereocenters. The summed E-state index contributed by atoms with van der Waals surface area (Å²) in [5.74, 6) is -0.0366. The minimum Gasteiger partial charge on any atom is -0.493 e. The number of anilines is 1. The van der Waals surface area contributed by atoms with Crippen molar-refractivity contribution in [3.63, 3.8) is 0 Å². The molecule has 0 spiro atoms. The molecule has 6 heteroatoms. The zero-order valence-corrected chi connectivity index (χ0v) is 16.5. The average molecular weight is 371 g/mol. The number of nitrogens with one attached hydrogen (secondary N) is 1. The number of benzene rings is 2. The Bertz CT molecular complexity index is 837. The molecule has 1 atom stereocenters. The lowest BCUT2D eigenvalue weighted by Crippen LogP contribution is -2.30. The largest absolute Gasteiger partial charge is 0.493 e. The molecule has 0 saturated heterocycles. The fraction of sp³-hybridized carbons (Fsp3) is 0.333. The average Bonchev–Trinajstić information content (AvgIpc) is 2.63. The van der Waals surface area contributed by atoms with Crippen molar-refractivity contribution in [3.05, 3.63) is 52.6 Å². The second-order valence-electron chi connectivity index (χ2n) is 6.38. The van der Waals surface area contributed by atoms with Gasteiger partial charge in [0, 0.05) is 5.69 Å². The van der Waals surface area contributed by atoms with Crippen LogP contribution >= 0.6 is 0 Å². The summed E-state index contributed by atoms with van der Waals surface area (Å²) in [6, 6.07) is 8.69. The molecule has 0 saturated carbocycles. The van der Waals surface area contributed by atoms with Gasteiger partial charge in [-0.15, -0.1) is 0 Å². The van der Waals surface area contributed by atoms with Crippen molar-refractivity contribution in [3.8, 4) is 11.5 Å². The van der Waals surface area contributed by atoms with Crippen LogP contribution in [0.25, 0.3) is 0 Å².